The zero-order valence-electron chi connectivity index (χ0n) is 16.5. The summed E-state index contributed by atoms with van der Waals surface area (Å²) in [5.74, 6) is 0.340. The Balaban J connectivity index is 0.00000131. The monoisotopic (exact) mass is 646 g/mol. The van der Waals surface area contributed by atoms with Crippen molar-refractivity contribution in [3.8, 4) is 11.4 Å². The summed E-state index contributed by atoms with van der Waals surface area (Å²) in [6.07, 6.45) is 0. The summed E-state index contributed by atoms with van der Waals surface area (Å²) in [5, 5.41) is 11.7. The third-order valence-electron chi connectivity index (χ3n) is 4.86. The van der Waals surface area contributed by atoms with Crippen LogP contribution in [-0.2, 0) is 29.4 Å². The van der Waals surface area contributed by atoms with E-state index in [9.17, 15) is 5.11 Å². The van der Waals surface area contributed by atoms with Crippen molar-refractivity contribution in [1.82, 2.24) is 14.1 Å². The first kappa shape index (κ1) is 22.9. The van der Waals surface area contributed by atoms with E-state index in [1.54, 1.807) is 0 Å². The molecule has 0 aliphatic rings. The Hall–Kier alpha value is -0.434. The van der Waals surface area contributed by atoms with Crippen molar-refractivity contribution in [2.45, 2.75) is 52.4 Å². The Bertz CT molecular complexity index is 1090. The number of phenolic OH excluding ortho intramolecular Hbond substituents is 1. The zero-order chi connectivity index (χ0) is 18.3. The van der Waals surface area contributed by atoms with Gasteiger partial charge in [0.15, 0.2) is 0 Å². The van der Waals surface area contributed by atoms with Gasteiger partial charge in [0, 0.05) is 60.3 Å². The second kappa shape index (κ2) is 7.12. The predicted molar refractivity (Wildman–Crippen MR) is 103 cm³/mol. The number of halogens is 1. The van der Waals surface area contributed by atoms with E-state index < -0.39 is 0 Å². The Morgan fingerprint density at radius 2 is 1.44 bits per heavy atom. The molecule has 0 aliphatic carbocycles. The maximum atomic E-state index is 11.0. The largest absolute Gasteiger partial charge is 0.505 e. The summed E-state index contributed by atoms with van der Waals surface area (Å²) in [4.78, 5) is 2.00. The average Bonchev–Trinajstić information content (AvgIpc) is 3.12. The fourth-order valence-electron chi connectivity index (χ4n) is 3.30. The van der Waals surface area contributed by atoms with Crippen molar-refractivity contribution >= 4 is 22.6 Å². The van der Waals surface area contributed by atoms with Crippen molar-refractivity contribution in [3.63, 3.8) is 0 Å². The number of nitrogens with zero attached hydrogens (tertiary/aromatic N) is 3. The van der Waals surface area contributed by atoms with Crippen molar-refractivity contribution in [3.05, 3.63) is 46.5 Å². The Morgan fingerprint density at radius 1 is 0.852 bits per heavy atom. The van der Waals surface area contributed by atoms with E-state index >= 15 is 0 Å². The van der Waals surface area contributed by atoms with Gasteiger partial charge in [-0.05, 0) is 40.7 Å². The quantitative estimate of drug-likeness (QED) is 0.297. The molecule has 1 radical (unpaired) electrons. The minimum atomic E-state index is -0.143. The molecule has 2 heterocycles. The van der Waals surface area contributed by atoms with Gasteiger partial charge in [0.25, 0.3) is 0 Å². The van der Waals surface area contributed by atoms with Crippen LogP contribution in [0.15, 0.2) is 30.3 Å². The Labute approximate surface area is 200 Å². The molecular formula is C20H24ClN3OUV. The average molecular weight is 647 g/mol. The first-order valence-corrected chi connectivity index (χ1v) is 8.95. The predicted octanol–water partition coefficient (Wildman–Crippen LogP) is 5.37. The van der Waals surface area contributed by atoms with E-state index in [0.717, 1.165) is 22.3 Å². The molecule has 0 atom stereocenters. The molecule has 0 aliphatic heterocycles. The van der Waals surface area contributed by atoms with E-state index in [0.29, 0.717) is 10.8 Å². The number of hydrogen-bond acceptors (Lipinski definition) is 1. The molecule has 0 bridgehead atoms. The molecule has 7 heteroatoms. The van der Waals surface area contributed by atoms with Crippen LogP contribution in [0.3, 0.4) is 0 Å². The minimum absolute atomic E-state index is 0. The van der Waals surface area contributed by atoms with Crippen LogP contribution >= 0.6 is 11.6 Å². The molecule has 4 aromatic rings. The Kier molecular flexibility index (Phi) is 6.02. The summed E-state index contributed by atoms with van der Waals surface area (Å²) < 4.78 is 4.06. The van der Waals surface area contributed by atoms with Gasteiger partial charge in [-0.3, -0.25) is 0 Å². The van der Waals surface area contributed by atoms with Gasteiger partial charge in [0.1, 0.15) is 22.5 Å². The van der Waals surface area contributed by atoms with Crippen LogP contribution in [0, 0.1) is 31.1 Å². The number of phenols is 1. The van der Waals surface area contributed by atoms with Crippen molar-refractivity contribution in [2.75, 3.05) is 0 Å². The van der Waals surface area contributed by atoms with E-state index in [4.69, 9.17) is 11.6 Å². The number of fused-ring (bicyclic) bond motifs is 4. The molecule has 4 rings (SSSR count). The molecule has 4 nitrogen and oxygen atoms in total. The number of aromatic hydroxyl groups is 1. The van der Waals surface area contributed by atoms with E-state index in [2.05, 4.69) is 53.7 Å². The molecule has 0 saturated heterocycles. The van der Waals surface area contributed by atoms with Crippen LogP contribution in [0.25, 0.3) is 16.7 Å². The molecule has 27 heavy (non-hydrogen) atoms. The van der Waals surface area contributed by atoms with Gasteiger partial charge in [-0.2, -0.15) is 0 Å². The van der Waals surface area contributed by atoms with Gasteiger partial charge < -0.3 is 5.11 Å². The van der Waals surface area contributed by atoms with E-state index in [1.165, 1.54) is 5.56 Å². The molecule has 0 amide bonds. The van der Waals surface area contributed by atoms with Crippen LogP contribution in [0.4, 0.5) is 0 Å². The van der Waals surface area contributed by atoms with Gasteiger partial charge in [0.05, 0.1) is 0 Å². The van der Waals surface area contributed by atoms with Crippen molar-refractivity contribution in [1.29, 1.82) is 0 Å². The van der Waals surface area contributed by atoms with E-state index in [-0.39, 0.29) is 60.5 Å². The molecular weight excluding hydrogens is 623 g/mol. The fraction of sp³-hybridized carbons (Fsp3) is 0.400. The smallest absolute Gasteiger partial charge is 0.146 e. The second-order valence-corrected chi connectivity index (χ2v) is 9.33. The summed E-state index contributed by atoms with van der Waals surface area (Å²) >= 11 is 6.12. The van der Waals surface area contributed by atoms with Crippen LogP contribution in [-0.4, -0.2) is 19.2 Å². The maximum Gasteiger partial charge on any atom is 0.146 e. The molecule has 1 N–H and O–H groups in total. The van der Waals surface area contributed by atoms with Crippen LogP contribution in [0.2, 0.25) is 5.02 Å². The number of benzene rings is 2. The number of aromatic nitrogens is 3. The fourth-order valence-corrected chi connectivity index (χ4v) is 3.46. The zero-order valence-corrected chi connectivity index (χ0v) is 22.8. The van der Waals surface area contributed by atoms with Crippen molar-refractivity contribution in [2.24, 2.45) is 0 Å². The third-order valence-corrected chi connectivity index (χ3v) is 5.09. The molecule has 2 aromatic heterocycles. The van der Waals surface area contributed by atoms with Crippen LogP contribution in [0.1, 0.15) is 52.7 Å². The normalized spacial score (nSPS) is 12.6. The molecule has 0 fully saturated rings. The first-order chi connectivity index (χ1) is 11.5. The van der Waals surface area contributed by atoms with Gasteiger partial charge >= 0.3 is 0 Å². The second-order valence-electron chi connectivity index (χ2n) is 8.89. The third kappa shape index (κ3) is 3.63. The van der Waals surface area contributed by atoms with E-state index in [1.807, 2.05) is 32.3 Å². The number of hydrogen-bond donors (Lipinski definition) is 1. The minimum Gasteiger partial charge on any atom is -0.505 e. The first-order valence-electron chi connectivity index (χ1n) is 8.58. The van der Waals surface area contributed by atoms with Gasteiger partial charge in [-0.25, -0.2) is 0 Å². The van der Waals surface area contributed by atoms with Gasteiger partial charge in [-0.1, -0.05) is 59.2 Å². The van der Waals surface area contributed by atoms with Crippen LogP contribution in [0.5, 0.6) is 5.75 Å². The van der Waals surface area contributed by atoms with Crippen LogP contribution < -0.4 is 0 Å². The molecule has 0 saturated carbocycles. The molecule has 141 valence electrons. The Morgan fingerprint density at radius 3 is 2.00 bits per heavy atom. The summed E-state index contributed by atoms with van der Waals surface area (Å²) in [7, 11) is 0. The topological polar surface area (TPSA) is 34.0 Å². The maximum absolute atomic E-state index is 11.0. The summed E-state index contributed by atoms with van der Waals surface area (Å²) in [6, 6.07) is 10.1. The number of rotatable bonds is 1. The summed E-state index contributed by atoms with van der Waals surface area (Å²) in [5.41, 5.74) is 5.00. The molecule has 2 aromatic carbocycles. The standard InChI is InChI=1S/C20H24ClN3O.U.V/c1-19(2,3)12-9-14(20(4,5)6)18(25)17(10-12)24-22-15-8-7-13(21)11-16(15)23(22)24;;/h7-11,25H,1-6H3;;. The van der Waals surface area contributed by atoms with Gasteiger partial charge in [0.2, 0.25) is 0 Å². The van der Waals surface area contributed by atoms with Gasteiger partial charge in [-0.15, -0.1) is 14.1 Å². The molecule has 0 spiro atoms. The van der Waals surface area contributed by atoms with Crippen molar-refractivity contribution < 1.29 is 54.8 Å². The SMILES string of the molecule is CC(C)(C)c1cc(-n2n3c4ccc(Cl)cc4n23)c(O)c(C(C)(C)C)c1.[U].[V]. The summed E-state index contributed by atoms with van der Waals surface area (Å²) in [6.45, 7) is 13.0. The molecule has 0 unspecified atom stereocenters.